The SMILES string of the molecule is N#Cc1cc(-c2ccccc2)c(-c2ccccc2)nc1N1CCCCC(N)C1. The van der Waals surface area contributed by atoms with Gasteiger partial charge in [0.25, 0.3) is 0 Å². The fraction of sp³-hybridized carbons (Fsp3) is 0.250. The van der Waals surface area contributed by atoms with Gasteiger partial charge in [-0.3, -0.25) is 0 Å². The highest BCUT2D eigenvalue weighted by Crippen LogP contribution is 2.35. The summed E-state index contributed by atoms with van der Waals surface area (Å²) in [5.41, 5.74) is 10.9. The Morgan fingerprint density at radius 1 is 0.964 bits per heavy atom. The van der Waals surface area contributed by atoms with Crippen molar-refractivity contribution in [3.63, 3.8) is 0 Å². The van der Waals surface area contributed by atoms with E-state index in [1.54, 1.807) is 0 Å². The molecule has 0 saturated carbocycles. The molecule has 2 N–H and O–H groups in total. The van der Waals surface area contributed by atoms with E-state index in [0.29, 0.717) is 5.56 Å². The van der Waals surface area contributed by atoms with Crippen LogP contribution in [0.3, 0.4) is 0 Å². The van der Waals surface area contributed by atoms with Crippen LogP contribution in [0.4, 0.5) is 5.82 Å². The van der Waals surface area contributed by atoms with E-state index >= 15 is 0 Å². The lowest BCUT2D eigenvalue weighted by Gasteiger charge is -2.26. The maximum atomic E-state index is 9.87. The molecule has 0 radical (unpaired) electrons. The minimum atomic E-state index is 0.116. The highest BCUT2D eigenvalue weighted by atomic mass is 15.2. The first-order chi connectivity index (χ1) is 13.8. The number of nitrogens with two attached hydrogens (primary N) is 1. The zero-order valence-electron chi connectivity index (χ0n) is 15.9. The summed E-state index contributed by atoms with van der Waals surface area (Å²) in [6.45, 7) is 1.62. The first-order valence-electron chi connectivity index (χ1n) is 9.83. The van der Waals surface area contributed by atoms with Gasteiger partial charge < -0.3 is 10.6 Å². The number of anilines is 1. The molecule has 3 aromatic rings. The van der Waals surface area contributed by atoms with Crippen LogP contribution in [-0.2, 0) is 0 Å². The first-order valence-corrected chi connectivity index (χ1v) is 9.83. The number of nitrogens with zero attached hydrogens (tertiary/aromatic N) is 3. The average Bonchev–Trinajstić information content (AvgIpc) is 2.98. The molecule has 2 aromatic carbocycles. The maximum absolute atomic E-state index is 9.87. The molecule has 4 nitrogen and oxygen atoms in total. The highest BCUT2D eigenvalue weighted by Gasteiger charge is 2.22. The Labute approximate surface area is 166 Å². The van der Waals surface area contributed by atoms with E-state index < -0.39 is 0 Å². The topological polar surface area (TPSA) is 65.9 Å². The average molecular weight is 368 g/mol. The Morgan fingerprint density at radius 3 is 2.32 bits per heavy atom. The molecular formula is C24H24N4. The number of benzene rings is 2. The van der Waals surface area contributed by atoms with E-state index in [4.69, 9.17) is 10.7 Å². The summed E-state index contributed by atoms with van der Waals surface area (Å²) in [5.74, 6) is 0.749. The summed E-state index contributed by atoms with van der Waals surface area (Å²) < 4.78 is 0. The smallest absolute Gasteiger partial charge is 0.147 e. The van der Waals surface area contributed by atoms with E-state index in [0.717, 1.165) is 60.6 Å². The van der Waals surface area contributed by atoms with Crippen LogP contribution in [0.15, 0.2) is 66.7 Å². The zero-order chi connectivity index (χ0) is 19.3. The van der Waals surface area contributed by atoms with Gasteiger partial charge in [-0.2, -0.15) is 5.26 Å². The molecule has 0 aliphatic carbocycles. The Balaban J connectivity index is 1.90. The number of rotatable bonds is 3. The van der Waals surface area contributed by atoms with E-state index in [1.165, 1.54) is 0 Å². The molecule has 1 aliphatic rings. The summed E-state index contributed by atoms with van der Waals surface area (Å²) in [4.78, 5) is 7.23. The second kappa shape index (κ2) is 8.24. The minimum Gasteiger partial charge on any atom is -0.354 e. The predicted octanol–water partition coefficient (Wildman–Crippen LogP) is 4.60. The summed E-state index contributed by atoms with van der Waals surface area (Å²) >= 11 is 0. The molecular weight excluding hydrogens is 344 g/mol. The van der Waals surface area contributed by atoms with Crippen LogP contribution >= 0.6 is 0 Å². The van der Waals surface area contributed by atoms with Crippen LogP contribution in [0, 0.1) is 11.3 Å². The fourth-order valence-corrected chi connectivity index (χ4v) is 3.85. The normalized spacial score (nSPS) is 17.0. The molecule has 1 fully saturated rings. The second-order valence-corrected chi connectivity index (χ2v) is 7.30. The van der Waals surface area contributed by atoms with E-state index in [9.17, 15) is 5.26 Å². The molecule has 28 heavy (non-hydrogen) atoms. The summed E-state index contributed by atoms with van der Waals surface area (Å²) in [5, 5.41) is 9.87. The molecule has 1 unspecified atom stereocenters. The third-order valence-electron chi connectivity index (χ3n) is 5.26. The van der Waals surface area contributed by atoms with Gasteiger partial charge in [0.1, 0.15) is 11.9 Å². The van der Waals surface area contributed by atoms with Crippen molar-refractivity contribution >= 4 is 5.82 Å². The van der Waals surface area contributed by atoms with E-state index in [-0.39, 0.29) is 6.04 Å². The van der Waals surface area contributed by atoms with Crippen molar-refractivity contribution in [3.05, 3.63) is 72.3 Å². The van der Waals surface area contributed by atoms with Crippen molar-refractivity contribution in [3.8, 4) is 28.5 Å². The molecule has 1 atom stereocenters. The summed E-state index contributed by atoms with van der Waals surface area (Å²) in [7, 11) is 0. The largest absolute Gasteiger partial charge is 0.354 e. The number of hydrogen-bond donors (Lipinski definition) is 1. The maximum Gasteiger partial charge on any atom is 0.147 e. The Hall–Kier alpha value is -3.16. The van der Waals surface area contributed by atoms with Gasteiger partial charge >= 0.3 is 0 Å². The third kappa shape index (κ3) is 3.76. The minimum absolute atomic E-state index is 0.116. The molecule has 4 heteroatoms. The van der Waals surface area contributed by atoms with Crippen molar-refractivity contribution in [2.75, 3.05) is 18.0 Å². The van der Waals surface area contributed by atoms with Crippen molar-refractivity contribution in [2.24, 2.45) is 5.73 Å². The van der Waals surface area contributed by atoms with Gasteiger partial charge in [-0.25, -0.2) is 4.98 Å². The Morgan fingerprint density at radius 2 is 1.64 bits per heavy atom. The van der Waals surface area contributed by atoms with Gasteiger partial charge in [-0.05, 0) is 24.5 Å². The van der Waals surface area contributed by atoms with E-state index in [1.807, 2.05) is 42.5 Å². The number of pyridine rings is 1. The van der Waals surface area contributed by atoms with Crippen LogP contribution in [0.5, 0.6) is 0 Å². The molecule has 0 bridgehead atoms. The van der Waals surface area contributed by atoms with Crippen LogP contribution in [0.1, 0.15) is 24.8 Å². The lowest BCUT2D eigenvalue weighted by molar-refractivity contribution is 0.620. The predicted molar refractivity (Wildman–Crippen MR) is 114 cm³/mol. The van der Waals surface area contributed by atoms with E-state index in [2.05, 4.69) is 35.2 Å². The molecule has 1 aromatic heterocycles. The lowest BCUT2D eigenvalue weighted by Crippen LogP contribution is -2.36. The van der Waals surface area contributed by atoms with Crippen molar-refractivity contribution in [2.45, 2.75) is 25.3 Å². The van der Waals surface area contributed by atoms with Gasteiger partial charge in [0.15, 0.2) is 0 Å². The first kappa shape index (κ1) is 18.2. The van der Waals surface area contributed by atoms with Crippen LogP contribution < -0.4 is 10.6 Å². The molecule has 0 spiro atoms. The standard InChI is InChI=1S/C24H24N4/c25-16-20-15-22(18-9-3-1-4-10-18)23(19-11-5-2-6-12-19)27-24(20)28-14-8-7-13-21(26)17-28/h1-6,9-12,15,21H,7-8,13-14,17,26H2. The van der Waals surface area contributed by atoms with Crippen LogP contribution in [0.2, 0.25) is 0 Å². The number of aromatic nitrogens is 1. The molecule has 0 amide bonds. The monoisotopic (exact) mass is 368 g/mol. The quantitative estimate of drug-likeness (QED) is 0.733. The Bertz CT molecular complexity index is 977. The third-order valence-corrected chi connectivity index (χ3v) is 5.26. The number of nitriles is 1. The van der Waals surface area contributed by atoms with Crippen LogP contribution in [-0.4, -0.2) is 24.1 Å². The summed E-state index contributed by atoms with van der Waals surface area (Å²) in [6, 6.07) is 24.8. The molecule has 4 rings (SSSR count). The molecule has 1 saturated heterocycles. The number of hydrogen-bond acceptors (Lipinski definition) is 4. The van der Waals surface area contributed by atoms with Crippen LogP contribution in [0.25, 0.3) is 22.4 Å². The highest BCUT2D eigenvalue weighted by molar-refractivity contribution is 5.84. The van der Waals surface area contributed by atoms with Crippen molar-refractivity contribution in [1.29, 1.82) is 5.26 Å². The Kier molecular flexibility index (Phi) is 5.36. The van der Waals surface area contributed by atoms with Gasteiger partial charge in [-0.1, -0.05) is 67.1 Å². The molecule has 2 heterocycles. The van der Waals surface area contributed by atoms with Gasteiger partial charge in [-0.15, -0.1) is 0 Å². The van der Waals surface area contributed by atoms with Gasteiger partial charge in [0.2, 0.25) is 0 Å². The van der Waals surface area contributed by atoms with Crippen molar-refractivity contribution < 1.29 is 0 Å². The zero-order valence-corrected chi connectivity index (χ0v) is 15.9. The summed E-state index contributed by atoms with van der Waals surface area (Å²) in [6.07, 6.45) is 3.21. The van der Waals surface area contributed by atoms with Gasteiger partial charge in [0.05, 0.1) is 11.3 Å². The molecule has 1 aliphatic heterocycles. The fourth-order valence-electron chi connectivity index (χ4n) is 3.85. The second-order valence-electron chi connectivity index (χ2n) is 7.30. The van der Waals surface area contributed by atoms with Crippen molar-refractivity contribution in [1.82, 2.24) is 4.98 Å². The molecule has 140 valence electrons. The lowest BCUT2D eigenvalue weighted by atomic mass is 9.97. The van der Waals surface area contributed by atoms with Gasteiger partial charge in [0, 0.05) is 30.3 Å².